The van der Waals surface area contributed by atoms with Crippen molar-refractivity contribution in [3.8, 4) is 22.3 Å². The van der Waals surface area contributed by atoms with Gasteiger partial charge in [-0.05, 0) is 42.2 Å². The minimum atomic E-state index is -0.216. The van der Waals surface area contributed by atoms with Gasteiger partial charge in [-0.15, -0.1) is 0 Å². The van der Waals surface area contributed by atoms with Crippen LogP contribution in [0.2, 0.25) is 5.02 Å². The summed E-state index contributed by atoms with van der Waals surface area (Å²) >= 11 is 6.23. The Labute approximate surface area is 223 Å². The number of ether oxygens (including phenoxy) is 2. The van der Waals surface area contributed by atoms with Crippen LogP contribution in [-0.2, 0) is 40.3 Å². The molecule has 0 bridgehead atoms. The van der Waals surface area contributed by atoms with Crippen molar-refractivity contribution in [1.82, 2.24) is 4.57 Å². The third kappa shape index (κ3) is 5.51. The lowest BCUT2D eigenvalue weighted by Crippen LogP contribution is -2.26. The number of esters is 1. The molecule has 2 heterocycles. The largest absolute Gasteiger partial charge is 0.466 e. The van der Waals surface area contributed by atoms with Crippen LogP contribution in [0, 0.1) is 5.41 Å². The highest BCUT2D eigenvalue weighted by Crippen LogP contribution is 2.47. The van der Waals surface area contributed by atoms with Crippen LogP contribution in [0.4, 0.5) is 0 Å². The third-order valence-corrected chi connectivity index (χ3v) is 7.24. The van der Waals surface area contributed by atoms with E-state index in [2.05, 4.69) is 47.9 Å². The summed E-state index contributed by atoms with van der Waals surface area (Å²) in [6, 6.07) is 28.6. The summed E-state index contributed by atoms with van der Waals surface area (Å²) < 4.78 is 14.0. The lowest BCUT2D eigenvalue weighted by Gasteiger charge is -2.24. The maximum absolute atomic E-state index is 12.8. The van der Waals surface area contributed by atoms with Crippen LogP contribution in [0.3, 0.4) is 0 Å². The smallest absolute Gasteiger partial charge is 0.311 e. The van der Waals surface area contributed by atoms with Gasteiger partial charge >= 0.3 is 5.97 Å². The number of carbonyl (C=O) groups excluding carboxylic acids is 1. The van der Waals surface area contributed by atoms with E-state index >= 15 is 0 Å². The molecule has 0 N–H and O–H groups in total. The molecule has 0 amide bonds. The van der Waals surface area contributed by atoms with E-state index in [9.17, 15) is 4.79 Å². The van der Waals surface area contributed by atoms with Crippen molar-refractivity contribution in [2.75, 3.05) is 13.2 Å². The molecular formula is C32H32ClNO3. The number of benzene rings is 3. The van der Waals surface area contributed by atoms with E-state index in [4.69, 9.17) is 21.1 Å². The van der Waals surface area contributed by atoms with Crippen molar-refractivity contribution in [3.63, 3.8) is 0 Å². The molecule has 0 saturated heterocycles. The fraction of sp³-hybridized carbons (Fsp3) is 0.281. The zero-order valence-corrected chi connectivity index (χ0v) is 22.1. The van der Waals surface area contributed by atoms with E-state index in [1.165, 1.54) is 16.8 Å². The van der Waals surface area contributed by atoms with Crippen LogP contribution in [0.25, 0.3) is 22.3 Å². The fourth-order valence-electron chi connectivity index (χ4n) is 5.40. The summed E-state index contributed by atoms with van der Waals surface area (Å²) in [4.78, 5) is 12.8. The van der Waals surface area contributed by atoms with Crippen molar-refractivity contribution in [2.24, 2.45) is 5.41 Å². The molecule has 0 radical (unpaired) electrons. The lowest BCUT2D eigenvalue weighted by molar-refractivity contribution is -0.142. The van der Waals surface area contributed by atoms with E-state index in [0.29, 0.717) is 24.8 Å². The minimum Gasteiger partial charge on any atom is -0.466 e. The van der Waals surface area contributed by atoms with Crippen LogP contribution < -0.4 is 0 Å². The van der Waals surface area contributed by atoms with Crippen molar-refractivity contribution >= 4 is 17.6 Å². The number of rotatable bonds is 9. The summed E-state index contributed by atoms with van der Waals surface area (Å²) in [6.07, 6.45) is 1.07. The first-order valence-electron chi connectivity index (χ1n) is 12.8. The molecule has 4 aromatic rings. The van der Waals surface area contributed by atoms with Crippen LogP contribution in [0.1, 0.15) is 30.8 Å². The highest BCUT2D eigenvalue weighted by molar-refractivity contribution is 6.30. The van der Waals surface area contributed by atoms with Crippen molar-refractivity contribution < 1.29 is 14.3 Å². The second-order valence-corrected chi connectivity index (χ2v) is 10.5. The first-order valence-corrected chi connectivity index (χ1v) is 13.2. The van der Waals surface area contributed by atoms with Gasteiger partial charge in [0, 0.05) is 39.5 Å². The Morgan fingerprint density at radius 1 is 0.919 bits per heavy atom. The molecule has 0 spiro atoms. The second kappa shape index (κ2) is 11.0. The minimum absolute atomic E-state index is 0.0877. The fourth-order valence-corrected chi connectivity index (χ4v) is 5.53. The summed E-state index contributed by atoms with van der Waals surface area (Å²) in [5.74, 6) is -0.216. The molecule has 1 aliphatic rings. The Balaban J connectivity index is 1.56. The Morgan fingerprint density at radius 2 is 1.57 bits per heavy atom. The molecule has 37 heavy (non-hydrogen) atoms. The summed E-state index contributed by atoms with van der Waals surface area (Å²) in [5, 5.41) is 0.687. The molecule has 5 rings (SSSR count). The van der Waals surface area contributed by atoms with Crippen LogP contribution in [-0.4, -0.2) is 23.8 Å². The van der Waals surface area contributed by atoms with Gasteiger partial charge in [0.2, 0.25) is 0 Å². The monoisotopic (exact) mass is 513 g/mol. The molecule has 4 nitrogen and oxygen atoms in total. The highest BCUT2D eigenvalue weighted by atomic mass is 35.5. The molecule has 190 valence electrons. The molecule has 1 unspecified atom stereocenters. The first kappa shape index (κ1) is 25.3. The van der Waals surface area contributed by atoms with E-state index < -0.39 is 0 Å². The summed E-state index contributed by atoms with van der Waals surface area (Å²) in [6.45, 7) is 6.47. The van der Waals surface area contributed by atoms with E-state index in [0.717, 1.165) is 35.3 Å². The molecule has 0 fully saturated rings. The number of carbonyl (C=O) groups is 1. The van der Waals surface area contributed by atoms with Gasteiger partial charge in [0.05, 0.1) is 26.2 Å². The van der Waals surface area contributed by atoms with E-state index in [1.807, 2.05) is 55.5 Å². The molecule has 0 saturated carbocycles. The van der Waals surface area contributed by atoms with Gasteiger partial charge in [-0.25, -0.2) is 0 Å². The van der Waals surface area contributed by atoms with Crippen LogP contribution in [0.15, 0.2) is 84.9 Å². The number of hydrogen-bond donors (Lipinski definition) is 0. The van der Waals surface area contributed by atoms with Crippen LogP contribution in [0.5, 0.6) is 0 Å². The van der Waals surface area contributed by atoms with E-state index in [1.54, 1.807) is 0 Å². The molecule has 0 aliphatic carbocycles. The quantitative estimate of drug-likeness (QED) is 0.219. The van der Waals surface area contributed by atoms with Gasteiger partial charge in [0.15, 0.2) is 0 Å². The molecule has 1 atom stereocenters. The molecule has 1 aromatic heterocycles. The summed E-state index contributed by atoms with van der Waals surface area (Å²) in [5.41, 5.74) is 7.75. The van der Waals surface area contributed by atoms with Crippen molar-refractivity contribution in [3.05, 3.63) is 107 Å². The Hall–Kier alpha value is -3.34. The van der Waals surface area contributed by atoms with Crippen molar-refractivity contribution in [2.45, 2.75) is 39.8 Å². The highest BCUT2D eigenvalue weighted by Gasteiger charge is 2.39. The van der Waals surface area contributed by atoms with Gasteiger partial charge in [0.25, 0.3) is 0 Å². The number of aromatic nitrogens is 1. The standard InChI is InChI=1S/C32H32ClNO3/c1-3-37-29(35)18-27-30(25-14-16-26(33)17-15-25)31(24-12-8-5-9-13-24)28-19-32(2,21-34(27)28)22-36-20-23-10-6-4-7-11-23/h4-17H,3,18-22H2,1-2H3. The number of fused-ring (bicyclic) bond motifs is 1. The number of nitrogens with zero attached hydrogens (tertiary/aromatic N) is 1. The second-order valence-electron chi connectivity index (χ2n) is 10.1. The topological polar surface area (TPSA) is 40.5 Å². The van der Waals surface area contributed by atoms with Gasteiger partial charge in [0.1, 0.15) is 0 Å². The average molecular weight is 514 g/mol. The Kier molecular flexibility index (Phi) is 7.50. The maximum atomic E-state index is 12.8. The SMILES string of the molecule is CCOC(=O)Cc1c(-c2ccc(Cl)cc2)c(-c2ccccc2)c2n1CC(C)(COCc1ccccc1)C2. The predicted octanol–water partition coefficient (Wildman–Crippen LogP) is 7.36. The van der Waals surface area contributed by atoms with Gasteiger partial charge < -0.3 is 14.0 Å². The zero-order chi connectivity index (χ0) is 25.8. The Morgan fingerprint density at radius 3 is 2.24 bits per heavy atom. The maximum Gasteiger partial charge on any atom is 0.311 e. The Bertz CT molecular complexity index is 1360. The molecule has 3 aromatic carbocycles. The van der Waals surface area contributed by atoms with Gasteiger partial charge in [-0.2, -0.15) is 0 Å². The van der Waals surface area contributed by atoms with Gasteiger partial charge in [-0.1, -0.05) is 91.3 Å². The number of halogens is 1. The predicted molar refractivity (Wildman–Crippen MR) is 149 cm³/mol. The molecule has 5 heteroatoms. The normalized spacial score (nSPS) is 16.5. The third-order valence-electron chi connectivity index (χ3n) is 6.99. The lowest BCUT2D eigenvalue weighted by atomic mass is 9.85. The zero-order valence-electron chi connectivity index (χ0n) is 21.4. The molecule has 1 aliphatic heterocycles. The van der Waals surface area contributed by atoms with Gasteiger partial charge in [-0.3, -0.25) is 4.79 Å². The average Bonchev–Trinajstić information content (AvgIpc) is 3.38. The van der Waals surface area contributed by atoms with Crippen molar-refractivity contribution in [1.29, 1.82) is 0 Å². The number of hydrogen-bond acceptors (Lipinski definition) is 3. The molecular weight excluding hydrogens is 482 g/mol. The first-order chi connectivity index (χ1) is 18.0. The summed E-state index contributed by atoms with van der Waals surface area (Å²) in [7, 11) is 0. The van der Waals surface area contributed by atoms with E-state index in [-0.39, 0.29) is 17.8 Å². The van der Waals surface area contributed by atoms with Crippen LogP contribution >= 0.6 is 11.6 Å².